The van der Waals surface area contributed by atoms with Gasteiger partial charge in [-0.15, -0.1) is 0 Å². The molecule has 0 unspecified atom stereocenters. The molecular weight excluding hydrogens is 442 g/mol. The molecule has 0 spiro atoms. The van der Waals surface area contributed by atoms with Crippen molar-refractivity contribution in [3.63, 3.8) is 0 Å². The monoisotopic (exact) mass is 473 g/mol. The summed E-state index contributed by atoms with van der Waals surface area (Å²) >= 11 is 0. The molecule has 1 atom stereocenters. The van der Waals surface area contributed by atoms with E-state index in [-0.39, 0.29) is 11.9 Å². The van der Waals surface area contributed by atoms with E-state index < -0.39 is 0 Å². The molecule has 8 heteroatoms. The number of carbonyl (C=O) groups is 1. The molecule has 3 aromatic rings. The highest BCUT2D eigenvalue weighted by Crippen LogP contribution is 2.40. The smallest absolute Gasteiger partial charge is 0.236 e. The highest BCUT2D eigenvalue weighted by Gasteiger charge is 2.33. The molecule has 1 aromatic heterocycles. The lowest BCUT2D eigenvalue weighted by atomic mass is 9.87. The largest absolute Gasteiger partial charge is 0.493 e. The Balaban J connectivity index is 1.35. The topological polar surface area (TPSA) is 71.0 Å². The van der Waals surface area contributed by atoms with Gasteiger partial charge in [-0.3, -0.25) is 9.69 Å². The summed E-state index contributed by atoms with van der Waals surface area (Å²) in [4.78, 5) is 28.5. The van der Waals surface area contributed by atoms with Crippen LogP contribution in [0.1, 0.15) is 22.7 Å². The number of anilines is 1. The summed E-state index contributed by atoms with van der Waals surface area (Å²) in [6.07, 6.45) is 4.36. The lowest BCUT2D eigenvalue weighted by molar-refractivity contribution is -0.133. The van der Waals surface area contributed by atoms with Crippen molar-refractivity contribution in [2.24, 2.45) is 0 Å². The Hall–Kier alpha value is -3.65. The first-order valence-corrected chi connectivity index (χ1v) is 12.0. The van der Waals surface area contributed by atoms with Gasteiger partial charge in [0.1, 0.15) is 0 Å². The van der Waals surface area contributed by atoms with Crippen molar-refractivity contribution >= 4 is 11.9 Å². The maximum atomic E-state index is 13.4. The molecule has 182 valence electrons. The Kier molecular flexibility index (Phi) is 6.81. The summed E-state index contributed by atoms with van der Waals surface area (Å²) in [5, 5.41) is 0. The van der Waals surface area contributed by atoms with Gasteiger partial charge in [0.2, 0.25) is 11.9 Å². The first kappa shape index (κ1) is 23.1. The van der Waals surface area contributed by atoms with Crippen LogP contribution in [0.3, 0.4) is 0 Å². The van der Waals surface area contributed by atoms with E-state index in [0.717, 1.165) is 37.8 Å². The van der Waals surface area contributed by atoms with Crippen molar-refractivity contribution in [2.45, 2.75) is 12.5 Å². The predicted molar refractivity (Wildman–Crippen MR) is 134 cm³/mol. The third-order valence-electron chi connectivity index (χ3n) is 6.89. The number of hydrogen-bond acceptors (Lipinski definition) is 7. The van der Waals surface area contributed by atoms with Crippen molar-refractivity contribution in [3.05, 3.63) is 77.6 Å². The fraction of sp³-hybridized carbons (Fsp3) is 0.370. The Labute approximate surface area is 206 Å². The van der Waals surface area contributed by atoms with Crippen LogP contribution in [0, 0.1) is 0 Å². The maximum absolute atomic E-state index is 13.4. The quantitative estimate of drug-likeness (QED) is 0.545. The van der Waals surface area contributed by atoms with E-state index in [1.165, 1.54) is 16.7 Å². The summed E-state index contributed by atoms with van der Waals surface area (Å²) in [7, 11) is 3.32. The average Bonchev–Trinajstić information content (AvgIpc) is 2.93. The molecule has 35 heavy (non-hydrogen) atoms. The van der Waals surface area contributed by atoms with Gasteiger partial charge in [-0.25, -0.2) is 9.97 Å². The maximum Gasteiger partial charge on any atom is 0.236 e. The number of methoxy groups -OCH3 is 2. The Morgan fingerprint density at radius 3 is 2.29 bits per heavy atom. The van der Waals surface area contributed by atoms with E-state index in [9.17, 15) is 4.79 Å². The molecule has 5 rings (SSSR count). The predicted octanol–water partition coefficient (Wildman–Crippen LogP) is 2.79. The SMILES string of the molecule is COc1cc2c(cc1OC)[C@H](c1ccccc1)N(CC(=O)N1CCN(c3ncccn3)CC1)CC2. The Morgan fingerprint density at radius 1 is 0.914 bits per heavy atom. The molecular formula is C27H31N5O3. The number of rotatable bonds is 6. The van der Waals surface area contributed by atoms with Crippen LogP contribution in [0.25, 0.3) is 0 Å². The zero-order valence-corrected chi connectivity index (χ0v) is 20.3. The van der Waals surface area contributed by atoms with Crippen LogP contribution in [0.4, 0.5) is 5.95 Å². The summed E-state index contributed by atoms with van der Waals surface area (Å²) < 4.78 is 11.2. The molecule has 0 saturated carbocycles. The lowest BCUT2D eigenvalue weighted by Crippen LogP contribution is -2.52. The van der Waals surface area contributed by atoms with Gasteiger partial charge in [-0.05, 0) is 41.3 Å². The zero-order valence-electron chi connectivity index (χ0n) is 20.3. The molecule has 0 aliphatic carbocycles. The number of nitrogens with zero attached hydrogens (tertiary/aromatic N) is 5. The van der Waals surface area contributed by atoms with Gasteiger partial charge in [0, 0.05) is 45.1 Å². The van der Waals surface area contributed by atoms with Gasteiger partial charge in [0.05, 0.1) is 26.8 Å². The minimum absolute atomic E-state index is 0.0253. The van der Waals surface area contributed by atoms with Crippen LogP contribution in [0.2, 0.25) is 0 Å². The standard InChI is InChI=1S/C27H31N5O3/c1-34-23-17-21-9-12-32(26(20-7-4-3-5-8-20)22(21)18-24(23)35-2)19-25(33)30-13-15-31(16-14-30)27-28-10-6-11-29-27/h3-8,10-11,17-18,26H,9,12-16,19H2,1-2H3/t26-/m0/s1. The Morgan fingerprint density at radius 2 is 1.60 bits per heavy atom. The zero-order chi connectivity index (χ0) is 24.2. The number of benzene rings is 2. The molecule has 2 aliphatic heterocycles. The number of hydrogen-bond donors (Lipinski definition) is 0. The van der Waals surface area contributed by atoms with Crippen LogP contribution in [0.5, 0.6) is 11.5 Å². The van der Waals surface area contributed by atoms with E-state index in [1.54, 1.807) is 26.6 Å². The van der Waals surface area contributed by atoms with Crippen molar-refractivity contribution in [1.29, 1.82) is 0 Å². The number of fused-ring (bicyclic) bond motifs is 1. The van der Waals surface area contributed by atoms with Crippen LogP contribution in [0.15, 0.2) is 60.9 Å². The van der Waals surface area contributed by atoms with Crippen LogP contribution in [-0.2, 0) is 11.2 Å². The van der Waals surface area contributed by atoms with Crippen LogP contribution < -0.4 is 14.4 Å². The lowest BCUT2D eigenvalue weighted by Gasteiger charge is -2.40. The number of amides is 1. The van der Waals surface area contributed by atoms with Gasteiger partial charge in [-0.1, -0.05) is 30.3 Å². The normalized spacial score (nSPS) is 18.2. The summed E-state index contributed by atoms with van der Waals surface area (Å²) in [5.41, 5.74) is 3.56. The molecule has 1 fully saturated rings. The second-order valence-corrected chi connectivity index (χ2v) is 8.86. The third kappa shape index (κ3) is 4.79. The highest BCUT2D eigenvalue weighted by atomic mass is 16.5. The van der Waals surface area contributed by atoms with Gasteiger partial charge in [0.15, 0.2) is 11.5 Å². The van der Waals surface area contributed by atoms with Crippen LogP contribution >= 0.6 is 0 Å². The molecule has 0 radical (unpaired) electrons. The van der Waals surface area contributed by atoms with Gasteiger partial charge < -0.3 is 19.3 Å². The van der Waals surface area contributed by atoms with Gasteiger partial charge in [0.25, 0.3) is 0 Å². The first-order valence-electron chi connectivity index (χ1n) is 12.0. The average molecular weight is 474 g/mol. The fourth-order valence-electron chi connectivity index (χ4n) is 5.08. The minimum Gasteiger partial charge on any atom is -0.493 e. The summed E-state index contributed by atoms with van der Waals surface area (Å²) in [6, 6.07) is 16.3. The molecule has 2 aromatic carbocycles. The second kappa shape index (κ2) is 10.3. The number of aromatic nitrogens is 2. The first-order chi connectivity index (χ1) is 17.2. The fourth-order valence-corrected chi connectivity index (χ4v) is 5.08. The number of carbonyl (C=O) groups excluding carboxylic acids is 1. The van der Waals surface area contributed by atoms with Crippen molar-refractivity contribution in [3.8, 4) is 11.5 Å². The number of piperazine rings is 1. The van der Waals surface area contributed by atoms with Crippen molar-refractivity contribution in [1.82, 2.24) is 19.8 Å². The van der Waals surface area contributed by atoms with Crippen LogP contribution in [-0.4, -0.2) is 79.2 Å². The van der Waals surface area contributed by atoms with E-state index in [4.69, 9.17) is 9.47 Å². The molecule has 8 nitrogen and oxygen atoms in total. The van der Waals surface area contributed by atoms with E-state index in [1.807, 2.05) is 17.0 Å². The van der Waals surface area contributed by atoms with E-state index >= 15 is 0 Å². The minimum atomic E-state index is -0.0253. The highest BCUT2D eigenvalue weighted by molar-refractivity contribution is 5.79. The Bertz CT molecular complexity index is 1150. The molecule has 1 amide bonds. The van der Waals surface area contributed by atoms with Crippen molar-refractivity contribution < 1.29 is 14.3 Å². The van der Waals surface area contributed by atoms with E-state index in [2.05, 4.69) is 56.2 Å². The van der Waals surface area contributed by atoms with Crippen molar-refractivity contribution in [2.75, 3.05) is 58.4 Å². The summed E-state index contributed by atoms with van der Waals surface area (Å²) in [6.45, 7) is 3.97. The molecule has 0 N–H and O–H groups in total. The van der Waals surface area contributed by atoms with Gasteiger partial charge in [-0.2, -0.15) is 0 Å². The molecule has 0 bridgehead atoms. The van der Waals surface area contributed by atoms with E-state index in [0.29, 0.717) is 25.4 Å². The van der Waals surface area contributed by atoms with Gasteiger partial charge >= 0.3 is 0 Å². The summed E-state index contributed by atoms with van der Waals surface area (Å²) in [5.74, 6) is 2.33. The third-order valence-corrected chi connectivity index (χ3v) is 6.89. The second-order valence-electron chi connectivity index (χ2n) is 8.86. The molecule has 3 heterocycles. The number of ether oxygens (including phenoxy) is 2. The molecule has 1 saturated heterocycles. The molecule has 2 aliphatic rings.